The monoisotopic (exact) mass is 371 g/mol. The van der Waals surface area contributed by atoms with E-state index >= 15 is 0 Å². The Labute approximate surface area is 159 Å². The third kappa shape index (κ3) is 5.62. The average molecular weight is 371 g/mol. The molecule has 27 heavy (non-hydrogen) atoms. The third-order valence-electron chi connectivity index (χ3n) is 4.59. The van der Waals surface area contributed by atoms with E-state index in [1.54, 1.807) is 37.1 Å². The average Bonchev–Trinajstić information content (AvgIpc) is 2.64. The molecule has 0 saturated heterocycles. The molecule has 0 aliphatic carbocycles. The van der Waals surface area contributed by atoms with Gasteiger partial charge in [-0.1, -0.05) is 36.4 Å². The van der Waals surface area contributed by atoms with Gasteiger partial charge in [0.05, 0.1) is 12.6 Å². The molecular formula is C21H26FN3O2. The number of anilines is 1. The van der Waals surface area contributed by atoms with E-state index in [0.717, 1.165) is 16.8 Å². The molecule has 2 aromatic rings. The predicted octanol–water partition coefficient (Wildman–Crippen LogP) is 3.02. The zero-order chi connectivity index (χ0) is 20.0. The lowest BCUT2D eigenvalue weighted by atomic mass is 10.1. The molecular weight excluding hydrogens is 345 g/mol. The van der Waals surface area contributed by atoms with Crippen molar-refractivity contribution in [3.05, 3.63) is 65.0 Å². The number of hydrogen-bond acceptors (Lipinski definition) is 3. The molecule has 0 unspecified atom stereocenters. The van der Waals surface area contributed by atoms with Crippen molar-refractivity contribution >= 4 is 17.5 Å². The van der Waals surface area contributed by atoms with Gasteiger partial charge in [0.25, 0.3) is 0 Å². The fourth-order valence-corrected chi connectivity index (χ4v) is 2.74. The highest BCUT2D eigenvalue weighted by molar-refractivity contribution is 5.96. The molecule has 0 aromatic heterocycles. The molecule has 2 rings (SSSR count). The smallest absolute Gasteiger partial charge is 0.243 e. The van der Waals surface area contributed by atoms with Crippen molar-refractivity contribution < 1.29 is 14.0 Å². The second-order valence-corrected chi connectivity index (χ2v) is 6.72. The van der Waals surface area contributed by atoms with E-state index in [0.29, 0.717) is 12.1 Å². The Balaban J connectivity index is 1.87. The Hall–Kier alpha value is -2.73. The van der Waals surface area contributed by atoms with Crippen LogP contribution in [0, 0.1) is 19.7 Å². The van der Waals surface area contributed by atoms with Crippen LogP contribution in [0.2, 0.25) is 0 Å². The number of aryl methyl sites for hydroxylation is 2. The Morgan fingerprint density at radius 2 is 1.70 bits per heavy atom. The van der Waals surface area contributed by atoms with Crippen LogP contribution in [0.3, 0.4) is 0 Å². The van der Waals surface area contributed by atoms with Crippen molar-refractivity contribution in [3.8, 4) is 0 Å². The molecule has 6 heteroatoms. The first-order valence-corrected chi connectivity index (χ1v) is 8.87. The van der Waals surface area contributed by atoms with Crippen LogP contribution in [0.1, 0.15) is 23.6 Å². The van der Waals surface area contributed by atoms with Crippen molar-refractivity contribution in [2.24, 2.45) is 0 Å². The topological polar surface area (TPSA) is 61.4 Å². The van der Waals surface area contributed by atoms with E-state index < -0.39 is 6.04 Å². The molecule has 1 atom stereocenters. The second-order valence-electron chi connectivity index (χ2n) is 6.72. The van der Waals surface area contributed by atoms with Gasteiger partial charge in [0.15, 0.2) is 0 Å². The highest BCUT2D eigenvalue weighted by Crippen LogP contribution is 2.19. The molecule has 5 nitrogen and oxygen atoms in total. The van der Waals surface area contributed by atoms with Crippen LogP contribution in [0.5, 0.6) is 0 Å². The summed E-state index contributed by atoms with van der Waals surface area (Å²) < 4.78 is 13.8. The van der Waals surface area contributed by atoms with Crippen LogP contribution in [0.25, 0.3) is 0 Å². The molecule has 0 bridgehead atoms. The molecule has 0 aliphatic rings. The molecule has 0 saturated carbocycles. The molecule has 2 N–H and O–H groups in total. The van der Waals surface area contributed by atoms with Crippen LogP contribution in [0.15, 0.2) is 42.5 Å². The van der Waals surface area contributed by atoms with Gasteiger partial charge in [-0.15, -0.1) is 0 Å². The predicted molar refractivity (Wildman–Crippen MR) is 105 cm³/mol. The number of rotatable bonds is 7. The molecule has 2 aromatic carbocycles. The lowest BCUT2D eigenvalue weighted by Gasteiger charge is -2.24. The van der Waals surface area contributed by atoms with Crippen LogP contribution >= 0.6 is 0 Å². The summed E-state index contributed by atoms with van der Waals surface area (Å²) in [6.45, 7) is 5.74. The molecule has 2 amide bonds. The standard InChI is InChI=1S/C21H26FN3O2/c1-14-8-7-9-15(2)20(14)24-19(26)12-23-21(27)16(3)25(4)13-17-10-5-6-11-18(17)22/h5-11,16H,12-13H2,1-4H3,(H,23,27)(H,24,26)/t16-/m0/s1. The highest BCUT2D eigenvalue weighted by Gasteiger charge is 2.19. The Kier molecular flexibility index (Phi) is 7.07. The fourth-order valence-electron chi connectivity index (χ4n) is 2.74. The van der Waals surface area contributed by atoms with Gasteiger partial charge in [0, 0.05) is 17.8 Å². The summed E-state index contributed by atoms with van der Waals surface area (Å²) in [5.74, 6) is -0.875. The summed E-state index contributed by atoms with van der Waals surface area (Å²) in [5, 5.41) is 5.47. The van der Waals surface area contributed by atoms with Crippen molar-refractivity contribution in [2.45, 2.75) is 33.4 Å². The zero-order valence-electron chi connectivity index (χ0n) is 16.2. The summed E-state index contributed by atoms with van der Waals surface area (Å²) in [6.07, 6.45) is 0. The minimum Gasteiger partial charge on any atom is -0.346 e. The van der Waals surface area contributed by atoms with Gasteiger partial charge in [0.1, 0.15) is 5.82 Å². The number of para-hydroxylation sites is 1. The van der Waals surface area contributed by atoms with Gasteiger partial charge in [-0.25, -0.2) is 4.39 Å². The molecule has 0 heterocycles. The maximum absolute atomic E-state index is 13.8. The number of carbonyl (C=O) groups excluding carboxylic acids is 2. The Morgan fingerprint density at radius 1 is 1.07 bits per heavy atom. The number of likely N-dealkylation sites (N-methyl/N-ethyl adjacent to an activating group) is 1. The summed E-state index contributed by atoms with van der Waals surface area (Å²) in [6, 6.07) is 11.7. The van der Waals surface area contributed by atoms with E-state index in [-0.39, 0.29) is 24.2 Å². The third-order valence-corrected chi connectivity index (χ3v) is 4.59. The SMILES string of the molecule is Cc1cccc(C)c1NC(=O)CNC(=O)[C@H](C)N(C)Cc1ccccc1F. The van der Waals surface area contributed by atoms with E-state index in [2.05, 4.69) is 10.6 Å². The van der Waals surface area contributed by atoms with Crippen LogP contribution in [0.4, 0.5) is 10.1 Å². The summed E-state index contributed by atoms with van der Waals surface area (Å²) in [4.78, 5) is 26.2. The minimum absolute atomic E-state index is 0.121. The van der Waals surface area contributed by atoms with E-state index in [4.69, 9.17) is 0 Å². The summed E-state index contributed by atoms with van der Waals surface area (Å²) in [7, 11) is 1.74. The van der Waals surface area contributed by atoms with Crippen LogP contribution in [-0.2, 0) is 16.1 Å². The normalized spacial score (nSPS) is 11.9. The number of carbonyl (C=O) groups is 2. The lowest BCUT2D eigenvalue weighted by Crippen LogP contribution is -2.45. The number of nitrogens with zero attached hydrogens (tertiary/aromatic N) is 1. The van der Waals surface area contributed by atoms with Crippen molar-refractivity contribution in [1.82, 2.24) is 10.2 Å². The molecule has 0 aliphatic heterocycles. The first-order chi connectivity index (χ1) is 12.8. The quantitative estimate of drug-likeness (QED) is 0.787. The molecule has 144 valence electrons. The summed E-state index contributed by atoms with van der Waals surface area (Å²) >= 11 is 0. The highest BCUT2D eigenvalue weighted by atomic mass is 19.1. The van der Waals surface area contributed by atoms with E-state index in [1.807, 2.05) is 32.0 Å². The first kappa shape index (κ1) is 20.6. The number of hydrogen-bond donors (Lipinski definition) is 2. The molecule has 0 radical (unpaired) electrons. The van der Waals surface area contributed by atoms with E-state index in [1.165, 1.54) is 6.07 Å². The van der Waals surface area contributed by atoms with E-state index in [9.17, 15) is 14.0 Å². The maximum Gasteiger partial charge on any atom is 0.243 e. The van der Waals surface area contributed by atoms with Crippen LogP contribution < -0.4 is 10.6 Å². The van der Waals surface area contributed by atoms with Gasteiger partial charge in [-0.2, -0.15) is 0 Å². The van der Waals surface area contributed by atoms with Gasteiger partial charge >= 0.3 is 0 Å². The summed E-state index contributed by atoms with van der Waals surface area (Å²) in [5.41, 5.74) is 3.22. The maximum atomic E-state index is 13.8. The number of benzene rings is 2. The second kappa shape index (κ2) is 9.28. The number of amides is 2. The number of nitrogens with one attached hydrogen (secondary N) is 2. The fraction of sp³-hybridized carbons (Fsp3) is 0.333. The molecule has 0 spiro atoms. The Morgan fingerprint density at radius 3 is 2.33 bits per heavy atom. The van der Waals surface area contributed by atoms with Crippen molar-refractivity contribution in [3.63, 3.8) is 0 Å². The molecule has 0 fully saturated rings. The van der Waals surface area contributed by atoms with Gasteiger partial charge < -0.3 is 10.6 Å². The lowest BCUT2D eigenvalue weighted by molar-refractivity contribution is -0.127. The zero-order valence-corrected chi connectivity index (χ0v) is 16.2. The van der Waals surface area contributed by atoms with Gasteiger partial charge in [-0.3, -0.25) is 14.5 Å². The first-order valence-electron chi connectivity index (χ1n) is 8.87. The van der Waals surface area contributed by atoms with Gasteiger partial charge in [-0.05, 0) is 45.0 Å². The van der Waals surface area contributed by atoms with Crippen molar-refractivity contribution in [2.75, 3.05) is 18.9 Å². The van der Waals surface area contributed by atoms with Crippen molar-refractivity contribution in [1.29, 1.82) is 0 Å². The Bertz CT molecular complexity index is 803. The number of halogens is 1. The largest absolute Gasteiger partial charge is 0.346 e. The minimum atomic E-state index is -0.502. The van der Waals surface area contributed by atoms with Gasteiger partial charge in [0.2, 0.25) is 11.8 Å². The van der Waals surface area contributed by atoms with Crippen LogP contribution in [-0.4, -0.2) is 36.3 Å².